The molecule has 162 valence electrons. The van der Waals surface area contributed by atoms with Crippen LogP contribution in [0.5, 0.6) is 5.75 Å². The van der Waals surface area contributed by atoms with E-state index in [1.165, 1.54) is 0 Å². The topological polar surface area (TPSA) is 67.1 Å². The molecule has 2 aliphatic carbocycles. The number of benzene rings is 1. The summed E-state index contributed by atoms with van der Waals surface area (Å²) in [6.45, 7) is 4.31. The van der Waals surface area contributed by atoms with Gasteiger partial charge in [-0.3, -0.25) is 0 Å². The molecule has 6 nitrogen and oxygen atoms in total. The molecule has 0 amide bonds. The zero-order valence-electron chi connectivity index (χ0n) is 18.2. The number of alkyl halides is 1. The molecule has 2 fully saturated rings. The first-order valence-corrected chi connectivity index (χ1v) is 10.8. The highest BCUT2D eigenvalue weighted by Gasteiger charge is 2.56. The van der Waals surface area contributed by atoms with E-state index in [1.807, 2.05) is 42.1 Å². The van der Waals surface area contributed by atoms with E-state index in [9.17, 15) is 9.50 Å². The van der Waals surface area contributed by atoms with Crippen molar-refractivity contribution >= 4 is 5.82 Å². The predicted octanol–water partition coefficient (Wildman–Crippen LogP) is 4.78. The van der Waals surface area contributed by atoms with Gasteiger partial charge in [0.2, 0.25) is 0 Å². The van der Waals surface area contributed by atoms with Gasteiger partial charge in [-0.1, -0.05) is 13.8 Å². The van der Waals surface area contributed by atoms with E-state index in [-0.39, 0.29) is 22.6 Å². The number of hydrogen-bond donors (Lipinski definition) is 1. The number of fused-ring (bicyclic) bond motifs is 2. The molecule has 7 heteroatoms. The third kappa shape index (κ3) is 3.46. The minimum atomic E-state index is -0.724. The molecule has 0 unspecified atom stereocenters. The molecule has 1 N–H and O–H groups in total. The third-order valence-corrected chi connectivity index (χ3v) is 7.31. The number of anilines is 1. The van der Waals surface area contributed by atoms with Crippen LogP contribution in [0.4, 0.5) is 10.2 Å². The first-order valence-electron chi connectivity index (χ1n) is 10.8. The second-order valence-corrected chi connectivity index (χ2v) is 9.93. The van der Waals surface area contributed by atoms with Crippen LogP contribution in [0.2, 0.25) is 0 Å². The van der Waals surface area contributed by atoms with Crippen LogP contribution in [0.3, 0.4) is 0 Å². The van der Waals surface area contributed by atoms with Crippen LogP contribution in [0.15, 0.2) is 49.1 Å². The molecule has 2 saturated carbocycles. The SMILES string of the molecule is CN(c1ccc(-c2ccc(-n3ccnc3)cc2O)nn1)[C@H]1C[C@]2(C)C[C@H](F)[C@](C)(C1)C2. The molecule has 1 aromatic carbocycles. The monoisotopic (exact) mass is 421 g/mol. The summed E-state index contributed by atoms with van der Waals surface area (Å²) in [6.07, 6.45) is 7.90. The molecule has 0 saturated heterocycles. The Bertz CT molecular complexity index is 1090. The van der Waals surface area contributed by atoms with Crippen molar-refractivity contribution in [2.24, 2.45) is 10.8 Å². The number of hydrogen-bond acceptors (Lipinski definition) is 5. The van der Waals surface area contributed by atoms with E-state index in [4.69, 9.17) is 0 Å². The zero-order valence-corrected chi connectivity index (χ0v) is 18.2. The number of rotatable bonds is 4. The molecule has 4 atom stereocenters. The van der Waals surface area contributed by atoms with Crippen molar-refractivity contribution in [2.75, 3.05) is 11.9 Å². The summed E-state index contributed by atoms with van der Waals surface area (Å²) in [5.74, 6) is 0.910. The molecule has 2 bridgehead atoms. The number of phenolic OH excluding ortho intramolecular Hbond substituents is 1. The molecule has 0 aliphatic heterocycles. The first kappa shape index (κ1) is 20.0. The quantitative estimate of drug-likeness (QED) is 0.657. The van der Waals surface area contributed by atoms with Gasteiger partial charge in [-0.25, -0.2) is 9.37 Å². The Morgan fingerprint density at radius 1 is 1.13 bits per heavy atom. The highest BCUT2D eigenvalue weighted by atomic mass is 19.1. The summed E-state index contributed by atoms with van der Waals surface area (Å²) in [5, 5.41) is 19.3. The summed E-state index contributed by atoms with van der Waals surface area (Å²) in [6, 6.07) is 9.48. The highest BCUT2D eigenvalue weighted by Crippen LogP contribution is 2.60. The molecule has 0 radical (unpaired) electrons. The van der Waals surface area contributed by atoms with Crippen molar-refractivity contribution in [2.45, 2.75) is 51.7 Å². The molecular formula is C24H28FN5O. The van der Waals surface area contributed by atoms with Crippen LogP contribution in [0.25, 0.3) is 16.9 Å². The van der Waals surface area contributed by atoms with Crippen LogP contribution in [-0.2, 0) is 0 Å². The van der Waals surface area contributed by atoms with Gasteiger partial charge in [-0.15, -0.1) is 10.2 Å². The second kappa shape index (κ2) is 7.04. The van der Waals surface area contributed by atoms with E-state index >= 15 is 0 Å². The summed E-state index contributed by atoms with van der Waals surface area (Å²) < 4.78 is 16.5. The fraction of sp³-hybridized carbons (Fsp3) is 0.458. The normalized spacial score (nSPS) is 29.8. The van der Waals surface area contributed by atoms with E-state index < -0.39 is 6.17 Å². The number of nitrogens with zero attached hydrogens (tertiary/aromatic N) is 5. The number of aromatic hydroxyl groups is 1. The fourth-order valence-electron chi connectivity index (χ4n) is 5.80. The largest absolute Gasteiger partial charge is 0.507 e. The Balaban J connectivity index is 1.36. The van der Waals surface area contributed by atoms with Gasteiger partial charge in [0.05, 0.1) is 17.7 Å². The molecule has 2 heterocycles. The lowest BCUT2D eigenvalue weighted by molar-refractivity contribution is 0.108. The summed E-state index contributed by atoms with van der Waals surface area (Å²) in [4.78, 5) is 6.18. The fourth-order valence-corrected chi connectivity index (χ4v) is 5.80. The second-order valence-electron chi connectivity index (χ2n) is 9.93. The highest BCUT2D eigenvalue weighted by molar-refractivity contribution is 5.69. The van der Waals surface area contributed by atoms with Gasteiger partial charge < -0.3 is 14.6 Å². The number of imidazole rings is 1. The maximum atomic E-state index is 14.7. The Hall–Kier alpha value is -2.96. The maximum absolute atomic E-state index is 14.7. The van der Waals surface area contributed by atoms with Crippen LogP contribution < -0.4 is 4.90 Å². The van der Waals surface area contributed by atoms with Crippen LogP contribution in [0, 0.1) is 10.8 Å². The summed E-state index contributed by atoms with van der Waals surface area (Å²) in [5.41, 5.74) is 1.87. The lowest BCUT2D eigenvalue weighted by atomic mass is 9.68. The number of phenols is 1. The lowest BCUT2D eigenvalue weighted by Gasteiger charge is -2.44. The van der Waals surface area contributed by atoms with Gasteiger partial charge in [-0.2, -0.15) is 0 Å². The van der Waals surface area contributed by atoms with Crippen LogP contribution in [-0.4, -0.2) is 44.1 Å². The minimum absolute atomic E-state index is 0.0570. The van der Waals surface area contributed by atoms with Crippen LogP contribution in [0.1, 0.15) is 39.5 Å². The van der Waals surface area contributed by atoms with E-state index in [0.29, 0.717) is 17.7 Å². The first-order chi connectivity index (χ1) is 14.8. The third-order valence-electron chi connectivity index (χ3n) is 7.31. The van der Waals surface area contributed by atoms with Crippen molar-refractivity contribution in [1.29, 1.82) is 0 Å². The minimum Gasteiger partial charge on any atom is -0.507 e. The molecule has 3 aromatic rings. The lowest BCUT2D eigenvalue weighted by Crippen LogP contribution is -2.44. The van der Waals surface area contributed by atoms with Gasteiger partial charge in [0.25, 0.3) is 0 Å². The molecule has 0 spiro atoms. The average Bonchev–Trinajstić information content (AvgIpc) is 3.32. The van der Waals surface area contributed by atoms with E-state index in [2.05, 4.69) is 33.9 Å². The Kier molecular flexibility index (Phi) is 4.53. The van der Waals surface area contributed by atoms with Gasteiger partial charge in [-0.05, 0) is 55.4 Å². The van der Waals surface area contributed by atoms with Crippen LogP contribution >= 0.6 is 0 Å². The summed E-state index contributed by atoms with van der Waals surface area (Å²) >= 11 is 0. The molecule has 2 aliphatic rings. The molecule has 2 aromatic heterocycles. The van der Waals surface area contributed by atoms with E-state index in [1.54, 1.807) is 18.6 Å². The van der Waals surface area contributed by atoms with Crippen molar-refractivity contribution in [3.8, 4) is 22.7 Å². The standard InChI is InChI=1S/C24H28FN5O/c1-23-11-17(12-24(2,14-23)21(25)13-23)29(3)22-7-6-19(27-28-22)18-5-4-16(10-20(18)31)30-9-8-26-15-30/h4-10,15,17,21,31H,11-14H2,1-3H3/t17-,21-,23+,24+/m0/s1. The van der Waals surface area contributed by atoms with Crippen molar-refractivity contribution < 1.29 is 9.50 Å². The predicted molar refractivity (Wildman–Crippen MR) is 118 cm³/mol. The molecule has 5 rings (SSSR count). The Labute approximate surface area is 181 Å². The maximum Gasteiger partial charge on any atom is 0.151 e. The Morgan fingerprint density at radius 3 is 2.61 bits per heavy atom. The van der Waals surface area contributed by atoms with Crippen molar-refractivity contribution in [3.63, 3.8) is 0 Å². The number of halogens is 1. The van der Waals surface area contributed by atoms with Gasteiger partial charge >= 0.3 is 0 Å². The van der Waals surface area contributed by atoms with Gasteiger partial charge in [0.1, 0.15) is 11.9 Å². The van der Waals surface area contributed by atoms with Gasteiger partial charge in [0, 0.05) is 42.5 Å². The average molecular weight is 422 g/mol. The Morgan fingerprint density at radius 2 is 1.97 bits per heavy atom. The van der Waals surface area contributed by atoms with E-state index in [0.717, 1.165) is 30.8 Å². The van der Waals surface area contributed by atoms with Crippen molar-refractivity contribution in [3.05, 3.63) is 49.1 Å². The number of aromatic nitrogens is 4. The molecule has 31 heavy (non-hydrogen) atoms. The zero-order chi connectivity index (χ0) is 21.8. The van der Waals surface area contributed by atoms with Crippen molar-refractivity contribution in [1.82, 2.24) is 19.7 Å². The smallest absolute Gasteiger partial charge is 0.151 e. The summed E-state index contributed by atoms with van der Waals surface area (Å²) in [7, 11) is 2.02. The van der Waals surface area contributed by atoms with Gasteiger partial charge in [0.15, 0.2) is 5.82 Å². The molecular weight excluding hydrogens is 393 g/mol.